The number of aromatic hydroxyl groups is 3. The summed E-state index contributed by atoms with van der Waals surface area (Å²) < 4.78 is 0. The smallest absolute Gasteiger partial charge is 0.200 e. The highest BCUT2D eigenvalue weighted by molar-refractivity contribution is 5.85. The van der Waals surface area contributed by atoms with Gasteiger partial charge in [0.25, 0.3) is 0 Å². The molecule has 0 heterocycles. The first-order valence-electron chi connectivity index (χ1n) is 5.30. The van der Waals surface area contributed by atoms with E-state index in [9.17, 15) is 15.0 Å². The molecule has 100 valence electrons. The molecular formula is C11H16N2O5. The number of phenolic OH excluding ortho intramolecular Hbond substituents is 3. The fourth-order valence-corrected chi connectivity index (χ4v) is 1.31. The number of hydrogen-bond acceptors (Lipinski definition) is 7. The molecule has 0 radical (unpaired) electrons. The van der Waals surface area contributed by atoms with Gasteiger partial charge >= 0.3 is 0 Å². The van der Waals surface area contributed by atoms with Gasteiger partial charge in [0.15, 0.2) is 17.3 Å². The molecule has 0 aliphatic heterocycles. The summed E-state index contributed by atoms with van der Waals surface area (Å²) in [7, 11) is 0. The molecule has 0 aromatic heterocycles. The Bertz CT molecular complexity index is 436. The van der Waals surface area contributed by atoms with Crippen LogP contribution in [0.4, 0.5) is 0 Å². The van der Waals surface area contributed by atoms with E-state index in [0.717, 1.165) is 0 Å². The molecule has 18 heavy (non-hydrogen) atoms. The van der Waals surface area contributed by atoms with Gasteiger partial charge in [-0.2, -0.15) is 0 Å². The van der Waals surface area contributed by atoms with E-state index in [1.807, 2.05) is 0 Å². The molecule has 0 aliphatic rings. The monoisotopic (exact) mass is 256 g/mol. The van der Waals surface area contributed by atoms with Crippen LogP contribution in [0.1, 0.15) is 5.56 Å². The largest absolute Gasteiger partial charge is 0.504 e. The number of Topliss-reactive ketones (excluding diaryl/α,β-unsaturated/α-hetero) is 1. The number of aliphatic hydroxyl groups is 1. The number of ketones is 1. The van der Waals surface area contributed by atoms with Crippen LogP contribution in [-0.2, 0) is 11.3 Å². The minimum Gasteiger partial charge on any atom is -0.504 e. The number of carbonyl (C=O) groups is 1. The van der Waals surface area contributed by atoms with Gasteiger partial charge in [-0.25, -0.2) is 0 Å². The predicted molar refractivity (Wildman–Crippen MR) is 63.2 cm³/mol. The Kier molecular flexibility index (Phi) is 4.90. The van der Waals surface area contributed by atoms with E-state index in [1.54, 1.807) is 0 Å². The van der Waals surface area contributed by atoms with Crippen molar-refractivity contribution in [3.8, 4) is 17.2 Å². The second-order valence-electron chi connectivity index (χ2n) is 3.80. The van der Waals surface area contributed by atoms with Crippen LogP contribution in [0.15, 0.2) is 12.1 Å². The summed E-state index contributed by atoms with van der Waals surface area (Å²) in [5.41, 5.74) is 5.64. The summed E-state index contributed by atoms with van der Waals surface area (Å²) in [6.45, 7) is -0.377. The van der Waals surface area contributed by atoms with E-state index in [0.29, 0.717) is 5.56 Å². The molecule has 1 aromatic carbocycles. The Balaban J connectivity index is 2.55. The van der Waals surface area contributed by atoms with Crippen molar-refractivity contribution < 1.29 is 25.2 Å². The third-order valence-corrected chi connectivity index (χ3v) is 2.44. The lowest BCUT2D eigenvalue weighted by molar-refractivity contribution is -0.120. The van der Waals surface area contributed by atoms with Gasteiger partial charge in [-0.05, 0) is 6.07 Å². The van der Waals surface area contributed by atoms with Crippen molar-refractivity contribution in [2.45, 2.75) is 12.6 Å². The summed E-state index contributed by atoms with van der Waals surface area (Å²) >= 11 is 0. The number of rotatable bonds is 6. The van der Waals surface area contributed by atoms with Crippen LogP contribution in [0.3, 0.4) is 0 Å². The lowest BCUT2D eigenvalue weighted by Crippen LogP contribution is -2.39. The van der Waals surface area contributed by atoms with E-state index in [1.165, 1.54) is 12.1 Å². The minimum absolute atomic E-state index is 0.0667. The van der Waals surface area contributed by atoms with Gasteiger partial charge in [0.05, 0.1) is 19.2 Å². The molecule has 7 N–H and O–H groups in total. The van der Waals surface area contributed by atoms with Crippen LogP contribution in [0.2, 0.25) is 0 Å². The Hall–Kier alpha value is -1.83. The summed E-state index contributed by atoms with van der Waals surface area (Å²) in [5.74, 6) is -1.83. The van der Waals surface area contributed by atoms with Crippen molar-refractivity contribution in [1.29, 1.82) is 0 Å². The zero-order valence-corrected chi connectivity index (χ0v) is 9.63. The summed E-state index contributed by atoms with van der Waals surface area (Å²) in [6.07, 6.45) is 0. The van der Waals surface area contributed by atoms with Crippen molar-refractivity contribution in [3.63, 3.8) is 0 Å². The Labute approximate surface area is 103 Å². The molecule has 7 nitrogen and oxygen atoms in total. The van der Waals surface area contributed by atoms with Crippen molar-refractivity contribution in [3.05, 3.63) is 17.7 Å². The molecule has 0 bridgehead atoms. The third kappa shape index (κ3) is 3.33. The van der Waals surface area contributed by atoms with Gasteiger partial charge in [0, 0.05) is 12.1 Å². The van der Waals surface area contributed by atoms with Gasteiger partial charge in [-0.1, -0.05) is 6.07 Å². The molecule has 0 saturated carbocycles. The van der Waals surface area contributed by atoms with E-state index in [2.05, 4.69) is 5.32 Å². The average Bonchev–Trinajstić information content (AvgIpc) is 2.37. The summed E-state index contributed by atoms with van der Waals surface area (Å²) in [5, 5.41) is 39.3. The zero-order valence-electron chi connectivity index (χ0n) is 9.63. The normalized spacial score (nSPS) is 12.3. The third-order valence-electron chi connectivity index (χ3n) is 2.44. The van der Waals surface area contributed by atoms with Gasteiger partial charge in [-0.3, -0.25) is 4.79 Å². The van der Waals surface area contributed by atoms with Gasteiger partial charge < -0.3 is 31.5 Å². The van der Waals surface area contributed by atoms with Gasteiger partial charge in [0.2, 0.25) is 5.75 Å². The quantitative estimate of drug-likeness (QED) is 0.351. The molecule has 7 heteroatoms. The van der Waals surface area contributed by atoms with Crippen LogP contribution in [-0.4, -0.2) is 45.4 Å². The number of benzene rings is 1. The highest BCUT2D eigenvalue weighted by atomic mass is 16.3. The van der Waals surface area contributed by atoms with E-state index < -0.39 is 29.9 Å². The van der Waals surface area contributed by atoms with Crippen molar-refractivity contribution >= 4 is 5.78 Å². The SMILES string of the molecule is NC(CO)C(=O)CNCc1ccc(O)c(O)c1O. The van der Waals surface area contributed by atoms with E-state index in [-0.39, 0.29) is 18.9 Å². The molecular weight excluding hydrogens is 240 g/mol. The maximum atomic E-state index is 11.3. The van der Waals surface area contributed by atoms with Crippen LogP contribution >= 0.6 is 0 Å². The van der Waals surface area contributed by atoms with E-state index >= 15 is 0 Å². The second kappa shape index (κ2) is 6.20. The Morgan fingerprint density at radius 2 is 1.94 bits per heavy atom. The van der Waals surface area contributed by atoms with Gasteiger partial charge in [0.1, 0.15) is 0 Å². The lowest BCUT2D eigenvalue weighted by Gasteiger charge is -2.10. The van der Waals surface area contributed by atoms with Crippen LogP contribution < -0.4 is 11.1 Å². The van der Waals surface area contributed by atoms with Crippen LogP contribution in [0.25, 0.3) is 0 Å². The summed E-state index contributed by atoms with van der Waals surface area (Å²) in [6, 6.07) is 1.71. The molecule has 0 amide bonds. The predicted octanol–water partition coefficient (Wildman–Crippen LogP) is -1.22. The average molecular weight is 256 g/mol. The number of phenols is 3. The lowest BCUT2D eigenvalue weighted by atomic mass is 10.1. The fraction of sp³-hybridized carbons (Fsp3) is 0.364. The van der Waals surface area contributed by atoms with Crippen LogP contribution in [0, 0.1) is 0 Å². The highest BCUT2D eigenvalue weighted by Gasteiger charge is 2.13. The zero-order chi connectivity index (χ0) is 13.7. The highest BCUT2D eigenvalue weighted by Crippen LogP contribution is 2.36. The van der Waals surface area contributed by atoms with Crippen molar-refractivity contribution in [1.82, 2.24) is 5.32 Å². The molecule has 0 aliphatic carbocycles. The first-order chi connectivity index (χ1) is 8.47. The number of hydrogen-bond donors (Lipinski definition) is 6. The Morgan fingerprint density at radius 1 is 1.28 bits per heavy atom. The molecule has 1 aromatic rings. The standard InChI is InChI=1S/C11H16N2O5/c12-7(5-14)9(16)4-13-3-6-1-2-8(15)11(18)10(6)17/h1-2,7,13-15,17-18H,3-5,12H2. The molecule has 1 rings (SSSR count). The van der Waals surface area contributed by atoms with Crippen molar-refractivity contribution in [2.24, 2.45) is 5.73 Å². The molecule has 0 saturated heterocycles. The number of aliphatic hydroxyl groups excluding tert-OH is 1. The number of nitrogens with one attached hydrogen (secondary N) is 1. The maximum absolute atomic E-state index is 11.3. The minimum atomic E-state index is -0.931. The molecule has 0 spiro atoms. The van der Waals surface area contributed by atoms with Crippen LogP contribution in [0.5, 0.6) is 17.2 Å². The van der Waals surface area contributed by atoms with Gasteiger partial charge in [-0.15, -0.1) is 0 Å². The molecule has 1 unspecified atom stereocenters. The fourth-order valence-electron chi connectivity index (χ4n) is 1.31. The number of nitrogens with two attached hydrogens (primary N) is 1. The molecule has 0 fully saturated rings. The summed E-state index contributed by atoms with van der Waals surface area (Å²) in [4.78, 5) is 11.3. The Morgan fingerprint density at radius 3 is 2.56 bits per heavy atom. The maximum Gasteiger partial charge on any atom is 0.200 e. The first kappa shape index (κ1) is 14.2. The molecule has 1 atom stereocenters. The topological polar surface area (TPSA) is 136 Å². The van der Waals surface area contributed by atoms with E-state index in [4.69, 9.17) is 15.9 Å². The second-order valence-corrected chi connectivity index (χ2v) is 3.80. The van der Waals surface area contributed by atoms with Crippen molar-refractivity contribution in [2.75, 3.05) is 13.2 Å². The number of carbonyl (C=O) groups excluding carboxylic acids is 1. The first-order valence-corrected chi connectivity index (χ1v) is 5.30.